The van der Waals surface area contributed by atoms with E-state index in [1.165, 1.54) is 0 Å². The monoisotopic (exact) mass is 269 g/mol. The summed E-state index contributed by atoms with van der Waals surface area (Å²) in [4.78, 5) is 0. The van der Waals surface area contributed by atoms with Crippen molar-refractivity contribution in [3.8, 4) is 0 Å². The Labute approximate surface area is 107 Å². The number of nitrogens with zero attached hydrogens (tertiary/aromatic N) is 1. The zero-order valence-corrected chi connectivity index (χ0v) is 10.9. The van der Waals surface area contributed by atoms with Gasteiger partial charge < -0.3 is 4.52 Å². The minimum Gasteiger partial charge on any atom is -0.360 e. The van der Waals surface area contributed by atoms with Crippen LogP contribution in [0.5, 0.6) is 0 Å². The van der Waals surface area contributed by atoms with Crippen LogP contribution in [0, 0.1) is 6.92 Å². The van der Waals surface area contributed by atoms with Gasteiger partial charge in [0, 0.05) is 27.6 Å². The van der Waals surface area contributed by atoms with Crippen LogP contribution in [0.4, 0.5) is 0 Å². The SMILES string of the molecule is Cc1cc(C[S@@](=O)Cc2ccc(Cl)cc2)on1. The second kappa shape index (κ2) is 5.47. The molecule has 1 atom stereocenters. The average molecular weight is 270 g/mol. The Morgan fingerprint density at radius 2 is 2.00 bits per heavy atom. The molecule has 0 bridgehead atoms. The van der Waals surface area contributed by atoms with Crippen LogP contribution in [0.15, 0.2) is 34.9 Å². The van der Waals surface area contributed by atoms with Crippen LogP contribution in [0.2, 0.25) is 5.02 Å². The fourth-order valence-corrected chi connectivity index (χ4v) is 2.71. The zero-order chi connectivity index (χ0) is 12.3. The number of aryl methyl sites for hydroxylation is 1. The highest BCUT2D eigenvalue weighted by Crippen LogP contribution is 2.13. The van der Waals surface area contributed by atoms with Crippen molar-refractivity contribution in [1.29, 1.82) is 0 Å². The van der Waals surface area contributed by atoms with Crippen molar-refractivity contribution >= 4 is 22.4 Å². The molecule has 0 unspecified atom stereocenters. The van der Waals surface area contributed by atoms with Gasteiger partial charge in [0.25, 0.3) is 0 Å². The zero-order valence-electron chi connectivity index (χ0n) is 9.35. The van der Waals surface area contributed by atoms with Gasteiger partial charge in [-0.2, -0.15) is 0 Å². The summed E-state index contributed by atoms with van der Waals surface area (Å²) in [5.41, 5.74) is 1.81. The molecule has 0 aliphatic carbocycles. The van der Waals surface area contributed by atoms with Crippen molar-refractivity contribution in [3.05, 3.63) is 52.4 Å². The van der Waals surface area contributed by atoms with Gasteiger partial charge in [-0.25, -0.2) is 0 Å². The van der Waals surface area contributed by atoms with E-state index in [4.69, 9.17) is 16.1 Å². The van der Waals surface area contributed by atoms with Crippen LogP contribution >= 0.6 is 11.6 Å². The van der Waals surface area contributed by atoms with Gasteiger partial charge in [-0.3, -0.25) is 4.21 Å². The van der Waals surface area contributed by atoms with Crippen molar-refractivity contribution in [3.63, 3.8) is 0 Å². The van der Waals surface area contributed by atoms with Crippen LogP contribution in [-0.4, -0.2) is 9.37 Å². The minimum absolute atomic E-state index is 0.392. The topological polar surface area (TPSA) is 43.1 Å². The molecule has 5 heteroatoms. The Kier molecular flexibility index (Phi) is 3.97. The molecule has 0 aliphatic rings. The van der Waals surface area contributed by atoms with Gasteiger partial charge in [0.2, 0.25) is 0 Å². The lowest BCUT2D eigenvalue weighted by atomic mass is 10.2. The molecule has 0 spiro atoms. The number of halogens is 1. The number of benzene rings is 1. The van der Waals surface area contributed by atoms with Gasteiger partial charge in [0.1, 0.15) is 5.76 Å². The lowest BCUT2D eigenvalue weighted by Gasteiger charge is -2.00. The number of aromatic nitrogens is 1. The van der Waals surface area contributed by atoms with E-state index < -0.39 is 10.8 Å². The summed E-state index contributed by atoms with van der Waals surface area (Å²) < 4.78 is 16.9. The third kappa shape index (κ3) is 3.68. The Balaban J connectivity index is 1.95. The van der Waals surface area contributed by atoms with E-state index in [2.05, 4.69) is 5.16 Å². The van der Waals surface area contributed by atoms with Gasteiger partial charge >= 0.3 is 0 Å². The number of hydrogen-bond acceptors (Lipinski definition) is 3. The summed E-state index contributed by atoms with van der Waals surface area (Å²) in [5.74, 6) is 1.55. The first-order valence-electron chi connectivity index (χ1n) is 5.15. The van der Waals surface area contributed by atoms with Crippen LogP contribution in [0.1, 0.15) is 17.0 Å². The first kappa shape index (κ1) is 12.3. The second-order valence-corrected chi connectivity index (χ2v) is 5.68. The molecule has 0 saturated heterocycles. The Bertz CT molecular complexity index is 522. The fraction of sp³-hybridized carbons (Fsp3) is 0.250. The van der Waals surface area contributed by atoms with Gasteiger partial charge in [-0.15, -0.1) is 0 Å². The van der Waals surface area contributed by atoms with Gasteiger partial charge in [0.15, 0.2) is 0 Å². The van der Waals surface area contributed by atoms with Crippen molar-refractivity contribution in [1.82, 2.24) is 5.16 Å². The molecule has 0 N–H and O–H groups in total. The smallest absolute Gasteiger partial charge is 0.149 e. The molecule has 0 saturated carbocycles. The normalized spacial score (nSPS) is 12.6. The lowest BCUT2D eigenvalue weighted by molar-refractivity contribution is 0.390. The first-order valence-corrected chi connectivity index (χ1v) is 7.02. The van der Waals surface area contributed by atoms with Crippen molar-refractivity contribution in [2.75, 3.05) is 0 Å². The molecule has 0 fully saturated rings. The van der Waals surface area contributed by atoms with Gasteiger partial charge in [-0.05, 0) is 24.6 Å². The highest BCUT2D eigenvalue weighted by Gasteiger charge is 2.07. The van der Waals surface area contributed by atoms with E-state index in [0.717, 1.165) is 11.3 Å². The fourth-order valence-electron chi connectivity index (χ4n) is 1.46. The van der Waals surface area contributed by atoms with Crippen molar-refractivity contribution < 1.29 is 8.73 Å². The molecule has 3 nitrogen and oxygen atoms in total. The molecular formula is C12H12ClNO2S. The first-order chi connectivity index (χ1) is 8.13. The van der Waals surface area contributed by atoms with Crippen LogP contribution in [0.3, 0.4) is 0 Å². The number of hydrogen-bond donors (Lipinski definition) is 0. The Hall–Kier alpha value is -1.13. The van der Waals surface area contributed by atoms with E-state index in [0.29, 0.717) is 22.3 Å². The lowest BCUT2D eigenvalue weighted by Crippen LogP contribution is -1.98. The summed E-state index contributed by atoms with van der Waals surface area (Å²) in [5, 5.41) is 4.45. The molecule has 1 aromatic heterocycles. The van der Waals surface area contributed by atoms with E-state index in [1.54, 1.807) is 18.2 Å². The molecule has 0 aliphatic heterocycles. The van der Waals surface area contributed by atoms with Gasteiger partial charge in [0.05, 0.1) is 11.4 Å². The second-order valence-electron chi connectivity index (χ2n) is 3.79. The van der Waals surface area contributed by atoms with E-state index in [9.17, 15) is 4.21 Å². The molecule has 2 aromatic rings. The highest BCUT2D eigenvalue weighted by atomic mass is 35.5. The van der Waals surface area contributed by atoms with E-state index >= 15 is 0 Å². The molecule has 90 valence electrons. The molecule has 1 heterocycles. The van der Waals surface area contributed by atoms with E-state index in [-0.39, 0.29) is 0 Å². The molecule has 2 rings (SSSR count). The van der Waals surface area contributed by atoms with E-state index in [1.807, 2.05) is 19.1 Å². The molecule has 1 aromatic carbocycles. The third-order valence-electron chi connectivity index (χ3n) is 2.22. The summed E-state index contributed by atoms with van der Waals surface area (Å²) >= 11 is 5.78. The summed E-state index contributed by atoms with van der Waals surface area (Å²) in [6.45, 7) is 1.84. The maximum absolute atomic E-state index is 11.9. The highest BCUT2D eigenvalue weighted by molar-refractivity contribution is 7.83. The Morgan fingerprint density at radius 1 is 1.29 bits per heavy atom. The maximum atomic E-state index is 11.9. The predicted octanol–water partition coefficient (Wildman–Crippen LogP) is 3.09. The molecule has 0 amide bonds. The van der Waals surface area contributed by atoms with Crippen molar-refractivity contribution in [2.24, 2.45) is 0 Å². The quantitative estimate of drug-likeness (QED) is 0.857. The summed E-state index contributed by atoms with van der Waals surface area (Å²) in [7, 11) is -0.992. The molecular weight excluding hydrogens is 258 g/mol. The van der Waals surface area contributed by atoms with Crippen molar-refractivity contribution in [2.45, 2.75) is 18.4 Å². The standard InChI is InChI=1S/C12H12ClNO2S/c1-9-6-12(16-14-9)8-17(15)7-10-2-4-11(13)5-3-10/h2-6H,7-8H2,1H3/t17-/m0/s1. The van der Waals surface area contributed by atoms with Crippen LogP contribution in [0.25, 0.3) is 0 Å². The number of rotatable bonds is 4. The summed E-state index contributed by atoms with van der Waals surface area (Å²) in [6.07, 6.45) is 0. The Morgan fingerprint density at radius 3 is 2.59 bits per heavy atom. The van der Waals surface area contributed by atoms with Crippen LogP contribution < -0.4 is 0 Å². The maximum Gasteiger partial charge on any atom is 0.149 e. The van der Waals surface area contributed by atoms with Crippen LogP contribution in [-0.2, 0) is 22.3 Å². The largest absolute Gasteiger partial charge is 0.360 e. The predicted molar refractivity (Wildman–Crippen MR) is 68.2 cm³/mol. The van der Waals surface area contributed by atoms with Gasteiger partial charge in [-0.1, -0.05) is 28.9 Å². The molecule has 0 radical (unpaired) electrons. The third-order valence-corrected chi connectivity index (χ3v) is 3.73. The molecule has 17 heavy (non-hydrogen) atoms. The summed E-state index contributed by atoms with van der Waals surface area (Å²) in [6, 6.07) is 9.16. The minimum atomic E-state index is -0.992. The average Bonchev–Trinajstić information content (AvgIpc) is 2.67.